The number of anilines is 1. The maximum Gasteiger partial charge on any atom is 0.250 e. The molecular weight excluding hydrogens is 296 g/mol. The number of amides is 1. The van der Waals surface area contributed by atoms with Gasteiger partial charge in [0, 0.05) is 17.9 Å². The Morgan fingerprint density at radius 1 is 1.48 bits per heavy atom. The summed E-state index contributed by atoms with van der Waals surface area (Å²) in [6.45, 7) is 3.18. The fraction of sp³-hybridized carbons (Fsp3) is 0.412. The highest BCUT2D eigenvalue weighted by atomic mass is 16.5. The number of ether oxygens (including phenoxy) is 2. The van der Waals surface area contributed by atoms with Crippen molar-refractivity contribution in [3.05, 3.63) is 36.2 Å². The number of hydrogen-bond donors (Lipinski definition) is 1. The Balaban J connectivity index is 1.57. The van der Waals surface area contributed by atoms with Gasteiger partial charge in [0.1, 0.15) is 12.9 Å². The van der Waals surface area contributed by atoms with Gasteiger partial charge in [0.05, 0.1) is 18.9 Å². The topological polar surface area (TPSA) is 73.6 Å². The van der Waals surface area contributed by atoms with Crippen LogP contribution in [0.25, 0.3) is 11.5 Å². The summed E-state index contributed by atoms with van der Waals surface area (Å²) >= 11 is 0. The van der Waals surface area contributed by atoms with E-state index < -0.39 is 0 Å². The third-order valence-electron chi connectivity index (χ3n) is 3.83. The molecule has 1 atom stereocenters. The highest BCUT2D eigenvalue weighted by molar-refractivity contribution is 5.93. The van der Waals surface area contributed by atoms with Crippen LogP contribution in [0.2, 0.25) is 0 Å². The molecule has 122 valence electrons. The van der Waals surface area contributed by atoms with Crippen LogP contribution in [0.3, 0.4) is 0 Å². The van der Waals surface area contributed by atoms with Crippen LogP contribution < -0.4 is 5.32 Å². The number of carbonyl (C=O) groups excluding carboxylic acids is 1. The molecule has 2 aromatic rings. The van der Waals surface area contributed by atoms with Crippen molar-refractivity contribution in [3.63, 3.8) is 0 Å². The molecule has 0 bridgehead atoms. The summed E-state index contributed by atoms with van der Waals surface area (Å²) < 4.78 is 16.2. The van der Waals surface area contributed by atoms with Crippen molar-refractivity contribution in [1.29, 1.82) is 0 Å². The Bertz CT molecular complexity index is 649. The number of oxazole rings is 1. The third-order valence-corrected chi connectivity index (χ3v) is 3.83. The summed E-state index contributed by atoms with van der Waals surface area (Å²) in [7, 11) is 0. The zero-order chi connectivity index (χ0) is 16.1. The minimum atomic E-state index is -0.185. The van der Waals surface area contributed by atoms with E-state index in [9.17, 15) is 4.79 Å². The van der Waals surface area contributed by atoms with Crippen molar-refractivity contribution in [1.82, 2.24) is 4.98 Å². The van der Waals surface area contributed by atoms with Crippen LogP contribution in [0, 0.1) is 6.92 Å². The van der Waals surface area contributed by atoms with Crippen molar-refractivity contribution < 1.29 is 18.7 Å². The molecule has 1 fully saturated rings. The van der Waals surface area contributed by atoms with Crippen LogP contribution >= 0.6 is 0 Å². The smallest absolute Gasteiger partial charge is 0.250 e. The second-order valence-corrected chi connectivity index (χ2v) is 5.51. The minimum absolute atomic E-state index is 0.0164. The predicted octanol–water partition coefficient (Wildman–Crippen LogP) is 2.78. The molecule has 0 aliphatic carbocycles. The van der Waals surface area contributed by atoms with Crippen molar-refractivity contribution >= 4 is 11.6 Å². The predicted molar refractivity (Wildman–Crippen MR) is 85.1 cm³/mol. The lowest BCUT2D eigenvalue weighted by Gasteiger charge is -2.12. The molecular formula is C17H20N2O4. The molecule has 3 rings (SSSR count). The van der Waals surface area contributed by atoms with E-state index in [1.54, 1.807) is 6.20 Å². The quantitative estimate of drug-likeness (QED) is 0.887. The van der Waals surface area contributed by atoms with Crippen LogP contribution in [-0.4, -0.2) is 36.8 Å². The van der Waals surface area contributed by atoms with Gasteiger partial charge in [-0.2, -0.15) is 0 Å². The first-order valence-corrected chi connectivity index (χ1v) is 7.72. The molecule has 1 unspecified atom stereocenters. The number of carbonyl (C=O) groups is 1. The standard InChI is InChI=1S/C17H20N2O4/c1-12-14(17-18-7-9-23-17)5-2-6-15(12)19-16(20)11-21-10-13-4-3-8-22-13/h2,5-7,9,13H,3-4,8,10-11H2,1H3,(H,19,20). The third kappa shape index (κ3) is 3.97. The Morgan fingerprint density at radius 3 is 3.13 bits per heavy atom. The first-order chi connectivity index (χ1) is 11.2. The van der Waals surface area contributed by atoms with Crippen LogP contribution in [0.5, 0.6) is 0 Å². The average Bonchev–Trinajstić information content (AvgIpc) is 3.22. The highest BCUT2D eigenvalue weighted by Gasteiger charge is 2.16. The molecule has 0 radical (unpaired) electrons. The van der Waals surface area contributed by atoms with Gasteiger partial charge in [0.15, 0.2) is 0 Å². The van der Waals surface area contributed by atoms with Gasteiger partial charge in [0.25, 0.3) is 0 Å². The molecule has 1 N–H and O–H groups in total. The molecule has 2 heterocycles. The molecule has 1 aliphatic rings. The van der Waals surface area contributed by atoms with E-state index in [0.29, 0.717) is 12.5 Å². The Kier molecular flexibility index (Phi) is 5.05. The SMILES string of the molecule is Cc1c(NC(=O)COCC2CCCO2)cccc1-c1ncco1. The zero-order valence-electron chi connectivity index (χ0n) is 13.1. The maximum absolute atomic E-state index is 12.0. The van der Waals surface area contributed by atoms with Crippen molar-refractivity contribution in [2.75, 3.05) is 25.1 Å². The summed E-state index contributed by atoms with van der Waals surface area (Å²) in [6, 6.07) is 5.61. The van der Waals surface area contributed by atoms with E-state index in [0.717, 1.165) is 36.3 Å². The monoisotopic (exact) mass is 316 g/mol. The lowest BCUT2D eigenvalue weighted by atomic mass is 10.1. The number of rotatable bonds is 6. The molecule has 1 aromatic carbocycles. The summed E-state index contributed by atoms with van der Waals surface area (Å²) in [6.07, 6.45) is 5.31. The lowest BCUT2D eigenvalue weighted by Crippen LogP contribution is -2.22. The lowest BCUT2D eigenvalue weighted by molar-refractivity contribution is -0.121. The van der Waals surface area contributed by atoms with Crippen LogP contribution in [-0.2, 0) is 14.3 Å². The number of nitrogens with one attached hydrogen (secondary N) is 1. The van der Waals surface area contributed by atoms with Gasteiger partial charge in [-0.1, -0.05) is 6.07 Å². The molecule has 23 heavy (non-hydrogen) atoms. The summed E-state index contributed by atoms with van der Waals surface area (Å²) in [5.41, 5.74) is 2.49. The van der Waals surface area contributed by atoms with Gasteiger partial charge >= 0.3 is 0 Å². The van der Waals surface area contributed by atoms with E-state index in [2.05, 4.69) is 10.3 Å². The van der Waals surface area contributed by atoms with Crippen molar-refractivity contribution in [2.24, 2.45) is 0 Å². The first kappa shape index (κ1) is 15.7. The van der Waals surface area contributed by atoms with Crippen molar-refractivity contribution in [3.8, 4) is 11.5 Å². The summed E-state index contributed by atoms with van der Waals surface area (Å²) in [5, 5.41) is 2.86. The molecule has 1 saturated heterocycles. The average molecular weight is 316 g/mol. The van der Waals surface area contributed by atoms with Gasteiger partial charge in [-0.25, -0.2) is 4.98 Å². The number of nitrogens with zero attached hydrogens (tertiary/aromatic N) is 1. The molecule has 6 heteroatoms. The van der Waals surface area contributed by atoms with Gasteiger partial charge in [-0.05, 0) is 37.5 Å². The fourth-order valence-electron chi connectivity index (χ4n) is 2.60. The largest absolute Gasteiger partial charge is 0.445 e. The van der Waals surface area contributed by atoms with E-state index in [-0.39, 0.29) is 18.6 Å². The second kappa shape index (κ2) is 7.39. The number of aromatic nitrogens is 1. The van der Waals surface area contributed by atoms with Crippen LogP contribution in [0.15, 0.2) is 35.1 Å². The van der Waals surface area contributed by atoms with Crippen molar-refractivity contribution in [2.45, 2.75) is 25.9 Å². The summed E-state index contributed by atoms with van der Waals surface area (Å²) in [4.78, 5) is 16.2. The molecule has 1 aliphatic heterocycles. The van der Waals surface area contributed by atoms with Gasteiger partial charge in [-0.15, -0.1) is 0 Å². The summed E-state index contributed by atoms with van der Waals surface area (Å²) in [5.74, 6) is 0.351. The zero-order valence-corrected chi connectivity index (χ0v) is 13.1. The van der Waals surface area contributed by atoms with Crippen LogP contribution in [0.1, 0.15) is 18.4 Å². The van der Waals surface area contributed by atoms with Gasteiger partial charge in [-0.3, -0.25) is 4.79 Å². The Hall–Kier alpha value is -2.18. The molecule has 0 saturated carbocycles. The Morgan fingerprint density at radius 2 is 2.39 bits per heavy atom. The Labute approximate surface area is 134 Å². The normalized spacial score (nSPS) is 17.3. The molecule has 1 amide bonds. The van der Waals surface area contributed by atoms with E-state index in [1.165, 1.54) is 6.26 Å². The van der Waals surface area contributed by atoms with Gasteiger partial charge in [0.2, 0.25) is 11.8 Å². The molecule has 6 nitrogen and oxygen atoms in total. The van der Waals surface area contributed by atoms with Crippen LogP contribution in [0.4, 0.5) is 5.69 Å². The van der Waals surface area contributed by atoms with E-state index >= 15 is 0 Å². The maximum atomic E-state index is 12.0. The number of hydrogen-bond acceptors (Lipinski definition) is 5. The van der Waals surface area contributed by atoms with Gasteiger partial charge < -0.3 is 19.2 Å². The fourth-order valence-corrected chi connectivity index (χ4v) is 2.60. The second-order valence-electron chi connectivity index (χ2n) is 5.51. The highest BCUT2D eigenvalue weighted by Crippen LogP contribution is 2.27. The number of benzene rings is 1. The molecule has 1 aromatic heterocycles. The minimum Gasteiger partial charge on any atom is -0.445 e. The molecule has 0 spiro atoms. The first-order valence-electron chi connectivity index (χ1n) is 7.72. The van der Waals surface area contributed by atoms with E-state index in [1.807, 2.05) is 25.1 Å². The van der Waals surface area contributed by atoms with E-state index in [4.69, 9.17) is 13.9 Å².